The maximum absolute atomic E-state index is 12.7. The molecule has 6 heteroatoms. The first-order chi connectivity index (χ1) is 8.34. The van der Waals surface area contributed by atoms with E-state index in [4.69, 9.17) is 5.26 Å². The van der Waals surface area contributed by atoms with Crippen LogP contribution in [0, 0.1) is 11.3 Å². The molecule has 0 fully saturated rings. The molecule has 1 rings (SSSR count). The lowest BCUT2D eigenvalue weighted by Crippen LogP contribution is -2.09. The molecule has 0 spiro atoms. The molecule has 18 heavy (non-hydrogen) atoms. The van der Waals surface area contributed by atoms with Gasteiger partial charge < -0.3 is 5.32 Å². The number of benzene rings is 1. The molecule has 0 aromatic heterocycles. The SMILES string of the molecule is C/C(I)=C/CNc1ccc(C#N)c(C(F)(F)F)c1. The third-order valence-electron chi connectivity index (χ3n) is 2.13. The van der Waals surface area contributed by atoms with E-state index in [0.29, 0.717) is 12.2 Å². The summed E-state index contributed by atoms with van der Waals surface area (Å²) >= 11 is 2.11. The summed E-state index contributed by atoms with van der Waals surface area (Å²) < 4.78 is 39.1. The Morgan fingerprint density at radius 3 is 2.67 bits per heavy atom. The fourth-order valence-electron chi connectivity index (χ4n) is 1.30. The molecule has 1 aromatic rings. The van der Waals surface area contributed by atoms with Crippen molar-refractivity contribution in [3.05, 3.63) is 39.0 Å². The van der Waals surface area contributed by atoms with Crippen LogP contribution in [-0.4, -0.2) is 6.54 Å². The number of nitrogens with one attached hydrogen (secondary N) is 1. The predicted octanol–water partition coefficient (Wildman–Crippen LogP) is 4.33. The van der Waals surface area contributed by atoms with Crippen molar-refractivity contribution in [1.29, 1.82) is 5.26 Å². The molecule has 0 saturated carbocycles. The maximum atomic E-state index is 12.7. The molecule has 0 atom stereocenters. The minimum Gasteiger partial charge on any atom is -0.382 e. The van der Waals surface area contributed by atoms with Gasteiger partial charge in [0, 0.05) is 12.2 Å². The predicted molar refractivity (Wildman–Crippen MR) is 72.4 cm³/mol. The molecule has 0 aliphatic carbocycles. The Balaban J connectivity index is 2.98. The van der Waals surface area contributed by atoms with Gasteiger partial charge >= 0.3 is 6.18 Å². The zero-order chi connectivity index (χ0) is 13.8. The quantitative estimate of drug-likeness (QED) is 0.809. The summed E-state index contributed by atoms with van der Waals surface area (Å²) in [5.74, 6) is 0. The molecule has 0 heterocycles. The molecule has 0 saturated heterocycles. The van der Waals surface area contributed by atoms with Crippen molar-refractivity contribution < 1.29 is 13.2 Å². The smallest absolute Gasteiger partial charge is 0.382 e. The van der Waals surface area contributed by atoms with E-state index < -0.39 is 11.7 Å². The Kier molecular flexibility index (Phi) is 5.02. The van der Waals surface area contributed by atoms with Gasteiger partial charge in [-0.3, -0.25) is 0 Å². The lowest BCUT2D eigenvalue weighted by Gasteiger charge is -2.11. The minimum atomic E-state index is -4.52. The molecule has 0 unspecified atom stereocenters. The number of nitriles is 1. The first-order valence-electron chi connectivity index (χ1n) is 5.02. The lowest BCUT2D eigenvalue weighted by molar-refractivity contribution is -0.137. The van der Waals surface area contributed by atoms with Crippen molar-refractivity contribution in [3.63, 3.8) is 0 Å². The van der Waals surface area contributed by atoms with Crippen LogP contribution in [0.3, 0.4) is 0 Å². The molecule has 0 aliphatic rings. The van der Waals surface area contributed by atoms with Gasteiger partial charge in [0.15, 0.2) is 0 Å². The topological polar surface area (TPSA) is 35.8 Å². The number of alkyl halides is 3. The van der Waals surface area contributed by atoms with Crippen LogP contribution >= 0.6 is 22.6 Å². The van der Waals surface area contributed by atoms with E-state index in [-0.39, 0.29) is 5.56 Å². The molecular weight excluding hydrogens is 356 g/mol. The molecule has 0 radical (unpaired) electrons. The van der Waals surface area contributed by atoms with Crippen molar-refractivity contribution in [2.24, 2.45) is 0 Å². The number of hydrogen-bond donors (Lipinski definition) is 1. The number of halogens is 4. The van der Waals surface area contributed by atoms with E-state index in [0.717, 1.165) is 9.65 Å². The van der Waals surface area contributed by atoms with Gasteiger partial charge in [-0.1, -0.05) is 6.08 Å². The van der Waals surface area contributed by atoms with E-state index in [1.807, 2.05) is 13.0 Å². The minimum absolute atomic E-state index is 0.343. The zero-order valence-electron chi connectivity index (χ0n) is 9.48. The molecular formula is C12H10F3IN2. The molecule has 1 N–H and O–H groups in total. The summed E-state index contributed by atoms with van der Waals surface area (Å²) in [6.45, 7) is 2.33. The highest BCUT2D eigenvalue weighted by atomic mass is 127. The normalized spacial score (nSPS) is 12.1. The van der Waals surface area contributed by atoms with E-state index >= 15 is 0 Å². The van der Waals surface area contributed by atoms with E-state index in [1.165, 1.54) is 12.1 Å². The van der Waals surface area contributed by atoms with Crippen molar-refractivity contribution in [1.82, 2.24) is 0 Å². The second-order valence-corrected chi connectivity index (χ2v) is 5.24. The third kappa shape index (κ3) is 4.22. The Morgan fingerprint density at radius 1 is 1.50 bits per heavy atom. The Hall–Kier alpha value is -1.23. The monoisotopic (exact) mass is 366 g/mol. The fourth-order valence-corrected chi connectivity index (χ4v) is 1.52. The highest BCUT2D eigenvalue weighted by molar-refractivity contribution is 14.1. The standard InChI is InChI=1S/C12H10F3IN2/c1-8(16)4-5-18-10-3-2-9(7-17)11(6-10)12(13,14)15/h2-4,6,18H,5H2,1H3/b8-4-. The van der Waals surface area contributed by atoms with E-state index in [9.17, 15) is 13.2 Å². The number of anilines is 1. The van der Waals surface area contributed by atoms with Crippen molar-refractivity contribution in [3.8, 4) is 6.07 Å². The van der Waals surface area contributed by atoms with Crippen LogP contribution < -0.4 is 5.32 Å². The average molecular weight is 366 g/mol. The summed E-state index contributed by atoms with van der Waals surface area (Å²) in [7, 11) is 0. The van der Waals surface area contributed by atoms with Crippen molar-refractivity contribution in [2.45, 2.75) is 13.1 Å². The van der Waals surface area contributed by atoms with Crippen LogP contribution in [0.4, 0.5) is 18.9 Å². The van der Waals surface area contributed by atoms with E-state index in [2.05, 4.69) is 27.9 Å². The fraction of sp³-hybridized carbons (Fsp3) is 0.250. The van der Waals surface area contributed by atoms with Gasteiger partial charge in [-0.15, -0.1) is 0 Å². The molecule has 0 bridgehead atoms. The first kappa shape index (κ1) is 14.8. The largest absolute Gasteiger partial charge is 0.417 e. The summed E-state index contributed by atoms with van der Waals surface area (Å²) in [5.41, 5.74) is -0.936. The lowest BCUT2D eigenvalue weighted by atomic mass is 10.1. The number of allylic oxidation sites excluding steroid dienone is 1. The van der Waals surface area contributed by atoms with Crippen LogP contribution in [0.1, 0.15) is 18.1 Å². The molecule has 2 nitrogen and oxygen atoms in total. The van der Waals surface area contributed by atoms with Gasteiger partial charge in [0.1, 0.15) is 0 Å². The van der Waals surface area contributed by atoms with Crippen LogP contribution in [0.25, 0.3) is 0 Å². The van der Waals surface area contributed by atoms with Gasteiger partial charge in [-0.05, 0) is 51.3 Å². The van der Waals surface area contributed by atoms with Gasteiger partial charge in [-0.25, -0.2) is 0 Å². The first-order valence-corrected chi connectivity index (χ1v) is 6.10. The second-order valence-electron chi connectivity index (χ2n) is 3.54. The summed E-state index contributed by atoms with van der Waals surface area (Å²) in [5, 5.41) is 11.5. The van der Waals surface area contributed by atoms with Crippen LogP contribution in [-0.2, 0) is 6.18 Å². The molecule has 1 aromatic carbocycles. The van der Waals surface area contributed by atoms with Gasteiger partial charge in [0.05, 0.1) is 17.2 Å². The zero-order valence-corrected chi connectivity index (χ0v) is 11.6. The Morgan fingerprint density at radius 2 is 2.17 bits per heavy atom. The summed E-state index contributed by atoms with van der Waals surface area (Å²) in [4.78, 5) is 0. The third-order valence-corrected chi connectivity index (χ3v) is 2.58. The highest BCUT2D eigenvalue weighted by Crippen LogP contribution is 2.33. The van der Waals surface area contributed by atoms with Crippen molar-refractivity contribution in [2.75, 3.05) is 11.9 Å². The van der Waals surface area contributed by atoms with Gasteiger partial charge in [0.2, 0.25) is 0 Å². The molecule has 0 aliphatic heterocycles. The average Bonchev–Trinajstić information content (AvgIpc) is 2.27. The van der Waals surface area contributed by atoms with Crippen LogP contribution in [0.2, 0.25) is 0 Å². The Labute approximate surface area is 117 Å². The molecule has 0 amide bonds. The van der Waals surface area contributed by atoms with Crippen LogP contribution in [0.15, 0.2) is 27.9 Å². The van der Waals surface area contributed by atoms with Crippen molar-refractivity contribution >= 4 is 28.3 Å². The summed E-state index contributed by atoms with van der Waals surface area (Å²) in [6.07, 6.45) is -2.66. The maximum Gasteiger partial charge on any atom is 0.417 e. The second kappa shape index (κ2) is 6.09. The van der Waals surface area contributed by atoms with Crippen LogP contribution in [0.5, 0.6) is 0 Å². The van der Waals surface area contributed by atoms with Gasteiger partial charge in [0.25, 0.3) is 0 Å². The van der Waals surface area contributed by atoms with E-state index in [1.54, 1.807) is 6.07 Å². The Bertz CT molecular complexity index is 497. The number of hydrogen-bond acceptors (Lipinski definition) is 2. The molecule has 96 valence electrons. The number of rotatable bonds is 3. The number of nitrogens with zero attached hydrogens (tertiary/aromatic N) is 1. The summed E-state index contributed by atoms with van der Waals surface area (Å²) in [6, 6.07) is 5.13. The van der Waals surface area contributed by atoms with Gasteiger partial charge in [-0.2, -0.15) is 18.4 Å². The highest BCUT2D eigenvalue weighted by Gasteiger charge is 2.33.